The van der Waals surface area contributed by atoms with Crippen LogP contribution in [0.25, 0.3) is 0 Å². The third-order valence-electron chi connectivity index (χ3n) is 2.07. The Bertz CT molecular complexity index is 431. The molecule has 0 spiro atoms. The molecule has 3 nitrogen and oxygen atoms in total. The largest absolute Gasteiger partial charge is 0.264 e. The van der Waals surface area contributed by atoms with E-state index in [4.69, 9.17) is 11.6 Å². The number of hydrogen-bond donors (Lipinski definition) is 0. The molecule has 0 aliphatic carbocycles. The van der Waals surface area contributed by atoms with Crippen molar-refractivity contribution in [1.82, 2.24) is 4.98 Å². The summed E-state index contributed by atoms with van der Waals surface area (Å²) in [7, 11) is -3.23. The van der Waals surface area contributed by atoms with E-state index in [9.17, 15) is 8.42 Å². The van der Waals surface area contributed by atoms with Crippen LogP contribution < -0.4 is 0 Å². The van der Waals surface area contributed by atoms with Gasteiger partial charge in [0.15, 0.2) is 9.84 Å². The predicted molar refractivity (Wildman–Crippen MR) is 60.9 cm³/mol. The first-order valence-electron chi connectivity index (χ1n) is 4.66. The molecule has 15 heavy (non-hydrogen) atoms. The number of aryl methyl sites for hydroxylation is 1. The molecule has 0 radical (unpaired) electrons. The Balaban J connectivity index is 3.02. The highest BCUT2D eigenvalue weighted by molar-refractivity contribution is 7.91. The van der Waals surface area contributed by atoms with Crippen LogP contribution in [0.4, 0.5) is 0 Å². The summed E-state index contributed by atoms with van der Waals surface area (Å²) in [6.45, 7) is 3.56. The van der Waals surface area contributed by atoms with Gasteiger partial charge in [-0.3, -0.25) is 4.98 Å². The number of nitrogens with zero attached hydrogens (tertiary/aromatic N) is 1. The third-order valence-corrected chi connectivity index (χ3v) is 4.73. The number of pyridine rings is 1. The zero-order valence-corrected chi connectivity index (χ0v) is 10.3. The first-order valence-corrected chi connectivity index (χ1v) is 6.85. The molecule has 1 unspecified atom stereocenters. The van der Waals surface area contributed by atoms with Crippen LogP contribution in [0.15, 0.2) is 23.4 Å². The lowest BCUT2D eigenvalue weighted by molar-refractivity contribution is 0.582. The smallest absolute Gasteiger partial charge is 0.179 e. The maximum Gasteiger partial charge on any atom is 0.179 e. The maximum atomic E-state index is 11.9. The van der Waals surface area contributed by atoms with Crippen molar-refractivity contribution in [1.29, 1.82) is 0 Å². The summed E-state index contributed by atoms with van der Waals surface area (Å²) in [5.74, 6) is 0.397. The van der Waals surface area contributed by atoms with Crippen molar-refractivity contribution in [2.45, 2.75) is 18.7 Å². The molecule has 1 aromatic rings. The highest BCUT2D eigenvalue weighted by Crippen LogP contribution is 2.17. The lowest BCUT2D eigenvalue weighted by Gasteiger charge is -2.10. The van der Waals surface area contributed by atoms with Crippen LogP contribution in [-0.2, 0) is 9.84 Å². The summed E-state index contributed by atoms with van der Waals surface area (Å²) in [6, 6.07) is 1.53. The van der Waals surface area contributed by atoms with Crippen molar-refractivity contribution >= 4 is 21.4 Å². The molecule has 0 amide bonds. The molecule has 1 aromatic heterocycles. The first kappa shape index (κ1) is 12.5. The topological polar surface area (TPSA) is 47.0 Å². The molecular weight excluding hydrogens is 234 g/mol. The van der Waals surface area contributed by atoms with Gasteiger partial charge >= 0.3 is 0 Å². The van der Waals surface area contributed by atoms with E-state index in [0.29, 0.717) is 16.3 Å². The van der Waals surface area contributed by atoms with Gasteiger partial charge < -0.3 is 0 Å². The zero-order chi connectivity index (χ0) is 11.5. The van der Waals surface area contributed by atoms with Gasteiger partial charge in [-0.2, -0.15) is 0 Å². The van der Waals surface area contributed by atoms with Gasteiger partial charge in [-0.05, 0) is 24.5 Å². The zero-order valence-electron chi connectivity index (χ0n) is 8.77. The van der Waals surface area contributed by atoms with Gasteiger partial charge in [0, 0.05) is 18.3 Å². The van der Waals surface area contributed by atoms with Gasteiger partial charge in [-0.1, -0.05) is 6.92 Å². The molecule has 0 saturated carbocycles. The van der Waals surface area contributed by atoms with Crippen LogP contribution in [0.3, 0.4) is 0 Å². The Morgan fingerprint density at radius 2 is 2.20 bits per heavy atom. The van der Waals surface area contributed by atoms with Gasteiger partial charge in [-0.25, -0.2) is 8.42 Å². The van der Waals surface area contributed by atoms with Crippen LogP contribution in [0.5, 0.6) is 0 Å². The Labute approximate surface area is 95.4 Å². The Kier molecular flexibility index (Phi) is 4.11. The summed E-state index contributed by atoms with van der Waals surface area (Å²) in [4.78, 5) is 4.22. The normalized spacial score (nSPS) is 13.8. The molecule has 0 aromatic carbocycles. The number of rotatable bonds is 4. The molecule has 5 heteroatoms. The third kappa shape index (κ3) is 3.18. The molecule has 1 heterocycles. The van der Waals surface area contributed by atoms with Crippen LogP contribution in [0.1, 0.15) is 12.5 Å². The van der Waals surface area contributed by atoms with Crippen molar-refractivity contribution in [3.8, 4) is 0 Å². The average Bonchev–Trinajstić information content (AvgIpc) is 2.17. The fourth-order valence-electron chi connectivity index (χ4n) is 1.32. The molecule has 0 fully saturated rings. The van der Waals surface area contributed by atoms with Crippen LogP contribution >= 0.6 is 11.6 Å². The van der Waals surface area contributed by atoms with Crippen molar-refractivity contribution in [3.05, 3.63) is 24.0 Å². The van der Waals surface area contributed by atoms with Gasteiger partial charge in [0.2, 0.25) is 0 Å². The summed E-state index contributed by atoms with van der Waals surface area (Å²) in [6.07, 6.45) is 3.05. The minimum atomic E-state index is -3.23. The molecule has 0 aliphatic rings. The van der Waals surface area contributed by atoms with E-state index < -0.39 is 9.84 Å². The van der Waals surface area contributed by atoms with Crippen LogP contribution in [0, 0.1) is 12.8 Å². The van der Waals surface area contributed by atoms with Crippen molar-refractivity contribution in [2.75, 3.05) is 11.6 Å². The minimum absolute atomic E-state index is 0.0377. The Morgan fingerprint density at radius 1 is 1.53 bits per heavy atom. The van der Waals surface area contributed by atoms with E-state index in [1.807, 2.05) is 6.92 Å². The molecule has 0 bridgehead atoms. The first-order chi connectivity index (χ1) is 6.97. The summed E-state index contributed by atoms with van der Waals surface area (Å²) < 4.78 is 23.9. The number of halogens is 1. The second kappa shape index (κ2) is 4.94. The fourth-order valence-corrected chi connectivity index (χ4v) is 3.41. The molecule has 1 rings (SSSR count). The second-order valence-electron chi connectivity index (χ2n) is 3.68. The van der Waals surface area contributed by atoms with Gasteiger partial charge in [0.25, 0.3) is 0 Å². The molecule has 84 valence electrons. The average molecular weight is 248 g/mol. The standard InChI is InChI=1S/C10H14ClNO2S/c1-8(5-11)7-15(13,14)10-3-4-12-6-9(10)2/h3-4,6,8H,5,7H2,1-2H3. The van der Waals surface area contributed by atoms with E-state index in [1.54, 1.807) is 13.1 Å². The van der Waals surface area contributed by atoms with E-state index >= 15 is 0 Å². The maximum absolute atomic E-state index is 11.9. The number of aromatic nitrogens is 1. The number of sulfone groups is 1. The van der Waals surface area contributed by atoms with E-state index in [0.717, 1.165) is 0 Å². The Morgan fingerprint density at radius 3 is 2.73 bits per heavy atom. The van der Waals surface area contributed by atoms with Gasteiger partial charge in [-0.15, -0.1) is 11.6 Å². The Hall–Kier alpha value is -0.610. The number of alkyl halides is 1. The van der Waals surface area contributed by atoms with Gasteiger partial charge in [0.05, 0.1) is 10.6 Å². The van der Waals surface area contributed by atoms with Gasteiger partial charge in [0.1, 0.15) is 0 Å². The van der Waals surface area contributed by atoms with Crippen molar-refractivity contribution in [3.63, 3.8) is 0 Å². The van der Waals surface area contributed by atoms with E-state index in [2.05, 4.69) is 4.98 Å². The monoisotopic (exact) mass is 247 g/mol. The summed E-state index contributed by atoms with van der Waals surface area (Å²) >= 11 is 5.61. The van der Waals surface area contributed by atoms with Crippen LogP contribution in [-0.4, -0.2) is 25.0 Å². The molecule has 0 aliphatic heterocycles. The quantitative estimate of drug-likeness (QED) is 0.765. The molecule has 1 atom stereocenters. The van der Waals surface area contributed by atoms with E-state index in [1.165, 1.54) is 12.3 Å². The second-order valence-corrected chi connectivity index (χ2v) is 5.99. The van der Waals surface area contributed by atoms with Crippen molar-refractivity contribution < 1.29 is 8.42 Å². The highest BCUT2D eigenvalue weighted by Gasteiger charge is 2.19. The molecule has 0 N–H and O–H groups in total. The van der Waals surface area contributed by atoms with Crippen molar-refractivity contribution in [2.24, 2.45) is 5.92 Å². The van der Waals surface area contributed by atoms with E-state index in [-0.39, 0.29) is 11.7 Å². The highest BCUT2D eigenvalue weighted by atomic mass is 35.5. The molecule has 0 saturated heterocycles. The summed E-state index contributed by atoms with van der Waals surface area (Å²) in [5.41, 5.74) is 0.680. The van der Waals surface area contributed by atoms with Crippen LogP contribution in [0.2, 0.25) is 0 Å². The summed E-state index contributed by atoms with van der Waals surface area (Å²) in [5, 5.41) is 0. The fraction of sp³-hybridized carbons (Fsp3) is 0.500. The number of hydrogen-bond acceptors (Lipinski definition) is 3. The predicted octanol–water partition coefficient (Wildman–Crippen LogP) is 2.04. The SMILES string of the molecule is Cc1cnccc1S(=O)(=O)CC(C)CCl. The lowest BCUT2D eigenvalue weighted by atomic mass is 10.3. The molecular formula is C10H14ClNO2S. The minimum Gasteiger partial charge on any atom is -0.264 e. The lowest BCUT2D eigenvalue weighted by Crippen LogP contribution is -2.16.